The van der Waals surface area contributed by atoms with Crippen LogP contribution in [0.2, 0.25) is 0 Å². The molecule has 0 spiro atoms. The van der Waals surface area contributed by atoms with Crippen LogP contribution in [0, 0.1) is 0 Å². The Balaban J connectivity index is 1.60. The van der Waals surface area contributed by atoms with E-state index in [0.29, 0.717) is 49.8 Å². The normalized spacial score (nSPS) is 21.7. The van der Waals surface area contributed by atoms with E-state index in [0.717, 1.165) is 5.56 Å². The summed E-state index contributed by atoms with van der Waals surface area (Å²) in [5, 5.41) is -1.01. The molecule has 1 unspecified atom stereocenters. The number of rotatable bonds is 5. The lowest BCUT2D eigenvalue weighted by molar-refractivity contribution is 0.0777. The predicted molar refractivity (Wildman–Crippen MR) is 123 cm³/mol. The zero-order chi connectivity index (χ0) is 22.9. The van der Waals surface area contributed by atoms with Gasteiger partial charge in [-0.2, -0.15) is 10.6 Å². The van der Waals surface area contributed by atoms with Gasteiger partial charge in [-0.1, -0.05) is 30.3 Å². The zero-order valence-electron chi connectivity index (χ0n) is 17.9. The zero-order valence-corrected chi connectivity index (χ0v) is 19.5. The first kappa shape index (κ1) is 23.1. The van der Waals surface area contributed by atoms with E-state index in [4.69, 9.17) is 4.74 Å². The van der Waals surface area contributed by atoms with Crippen molar-refractivity contribution in [3.63, 3.8) is 0 Å². The van der Waals surface area contributed by atoms with Gasteiger partial charge >= 0.3 is 6.09 Å². The highest BCUT2D eigenvalue weighted by Gasteiger charge is 2.44. The molecule has 0 radical (unpaired) electrons. The molecule has 0 saturated carbocycles. The van der Waals surface area contributed by atoms with Crippen LogP contribution >= 0.6 is 10.6 Å². The van der Waals surface area contributed by atoms with Gasteiger partial charge in [0, 0.05) is 32.7 Å². The number of ether oxygens (including phenoxy) is 1. The summed E-state index contributed by atoms with van der Waals surface area (Å²) in [6.45, 7) is 4.86. The van der Waals surface area contributed by atoms with Crippen LogP contribution in [0.5, 0.6) is 0 Å². The fourth-order valence-electron chi connectivity index (χ4n) is 4.33. The molecular formula is C22H28N2O6S2. The molecule has 0 aromatic heterocycles. The van der Waals surface area contributed by atoms with Crippen molar-refractivity contribution in [2.45, 2.75) is 28.5 Å². The van der Waals surface area contributed by atoms with Crippen molar-refractivity contribution in [2.24, 2.45) is 0 Å². The lowest BCUT2D eigenvalue weighted by Crippen LogP contribution is -2.48. The van der Waals surface area contributed by atoms with Crippen LogP contribution in [0.25, 0.3) is 0 Å². The molecule has 1 saturated heterocycles. The highest BCUT2D eigenvalue weighted by atomic mass is 32.3. The highest BCUT2D eigenvalue weighted by Crippen LogP contribution is 2.62. The second-order valence-electron chi connectivity index (χ2n) is 7.97. The summed E-state index contributed by atoms with van der Waals surface area (Å²) < 4.78 is 53.3. The molecule has 2 N–H and O–H groups in total. The van der Waals surface area contributed by atoms with Crippen LogP contribution in [0.4, 0.5) is 4.79 Å². The minimum absolute atomic E-state index is 0.172. The van der Waals surface area contributed by atoms with Gasteiger partial charge in [0.05, 0.1) is 22.2 Å². The molecule has 1 fully saturated rings. The van der Waals surface area contributed by atoms with Gasteiger partial charge in [0.15, 0.2) is 9.84 Å². The summed E-state index contributed by atoms with van der Waals surface area (Å²) >= 11 is 0. The molecule has 8 nitrogen and oxygen atoms in total. The largest absolute Gasteiger partial charge is 0.450 e. The van der Waals surface area contributed by atoms with E-state index in [1.54, 1.807) is 42.2 Å². The lowest BCUT2D eigenvalue weighted by atomic mass is 10.0. The van der Waals surface area contributed by atoms with Crippen LogP contribution in [0.15, 0.2) is 58.3 Å². The van der Waals surface area contributed by atoms with E-state index in [1.165, 1.54) is 12.1 Å². The van der Waals surface area contributed by atoms with Crippen LogP contribution < -0.4 is 0 Å². The minimum Gasteiger partial charge on any atom is -0.450 e. The van der Waals surface area contributed by atoms with Crippen molar-refractivity contribution in [3.8, 4) is 0 Å². The van der Waals surface area contributed by atoms with Crippen LogP contribution in [0.3, 0.4) is 0 Å². The van der Waals surface area contributed by atoms with Crippen molar-refractivity contribution < 1.29 is 27.1 Å². The first-order valence-electron chi connectivity index (χ1n) is 10.5. The first-order valence-corrected chi connectivity index (χ1v) is 13.8. The Morgan fingerprint density at radius 1 is 1.06 bits per heavy atom. The van der Waals surface area contributed by atoms with Crippen LogP contribution in [-0.2, 0) is 21.1 Å². The maximum Gasteiger partial charge on any atom is 0.409 e. The summed E-state index contributed by atoms with van der Waals surface area (Å²) in [6.07, 6.45) is -0.323. The smallest absolute Gasteiger partial charge is 0.409 e. The Labute approximate surface area is 190 Å². The molecule has 174 valence electrons. The number of carbonyl (C=O) groups is 1. The highest BCUT2D eigenvalue weighted by molar-refractivity contribution is 8.25. The summed E-state index contributed by atoms with van der Waals surface area (Å²) in [6, 6.07) is 13.4. The Morgan fingerprint density at radius 3 is 2.41 bits per heavy atom. The molecule has 0 aliphatic carbocycles. The van der Waals surface area contributed by atoms with Crippen molar-refractivity contribution in [3.05, 3.63) is 59.7 Å². The molecule has 2 aliphatic rings. The average molecular weight is 481 g/mol. The number of fused-ring (bicyclic) bond motifs is 1. The van der Waals surface area contributed by atoms with E-state index >= 15 is 0 Å². The second kappa shape index (κ2) is 9.03. The molecule has 1 amide bonds. The van der Waals surface area contributed by atoms with Crippen molar-refractivity contribution >= 4 is 26.5 Å². The molecule has 0 bridgehead atoms. The topological polar surface area (TPSA) is 107 Å². The molecule has 2 aliphatic heterocycles. The van der Waals surface area contributed by atoms with E-state index < -0.39 is 25.7 Å². The van der Waals surface area contributed by atoms with E-state index in [-0.39, 0.29) is 16.7 Å². The number of benzene rings is 2. The summed E-state index contributed by atoms with van der Waals surface area (Å²) in [5.74, 6) is -0.229. The first-order chi connectivity index (χ1) is 15.2. The molecule has 32 heavy (non-hydrogen) atoms. The summed E-state index contributed by atoms with van der Waals surface area (Å²) in [4.78, 5) is 16.2. The fourth-order valence-corrected chi connectivity index (χ4v) is 8.83. The number of carbonyl (C=O) groups excluding carboxylic acids is 1. The number of hydrogen-bond donors (Lipinski definition) is 2. The Morgan fingerprint density at radius 2 is 1.75 bits per heavy atom. The third kappa shape index (κ3) is 4.38. The minimum atomic E-state index is -3.80. The van der Waals surface area contributed by atoms with Gasteiger partial charge in [-0.25, -0.2) is 13.2 Å². The van der Waals surface area contributed by atoms with Crippen LogP contribution in [-0.4, -0.2) is 72.0 Å². The SMILES string of the molecule is CCOC(=O)N1CCN(Cc2cccc3c2C(S(=O)(=O)c2ccccc2)CS3(O)O)CC1. The molecule has 2 heterocycles. The summed E-state index contributed by atoms with van der Waals surface area (Å²) in [7, 11) is -7.00. The van der Waals surface area contributed by atoms with Crippen LogP contribution in [0.1, 0.15) is 23.3 Å². The third-order valence-electron chi connectivity index (χ3n) is 5.95. The van der Waals surface area contributed by atoms with Gasteiger partial charge in [0.2, 0.25) is 0 Å². The van der Waals surface area contributed by atoms with Crippen molar-refractivity contribution in [1.82, 2.24) is 9.80 Å². The molecule has 2 aromatic rings. The second-order valence-corrected chi connectivity index (χ2v) is 12.2. The Bertz CT molecular complexity index is 1080. The monoisotopic (exact) mass is 480 g/mol. The van der Waals surface area contributed by atoms with E-state index in [9.17, 15) is 22.3 Å². The number of sulfone groups is 1. The molecule has 2 aromatic carbocycles. The lowest BCUT2D eigenvalue weighted by Gasteiger charge is -2.34. The standard InChI is InChI=1S/C22H28N2O6S2/c1-2-30-22(25)24-13-11-23(12-14-24)15-17-7-6-10-19-21(17)20(16-31(19,26)27)32(28,29)18-8-4-3-5-9-18/h3-10,20,26-27H,2,11-16H2,1H3. The van der Waals surface area contributed by atoms with E-state index in [2.05, 4.69) is 4.90 Å². The number of piperazine rings is 1. The maximum absolute atomic E-state index is 13.4. The molecule has 1 atom stereocenters. The number of nitrogens with zero attached hydrogens (tertiary/aromatic N) is 2. The van der Waals surface area contributed by atoms with Gasteiger partial charge in [-0.05, 0) is 36.2 Å². The predicted octanol–water partition coefficient (Wildman–Crippen LogP) is 3.60. The van der Waals surface area contributed by atoms with Gasteiger partial charge in [0.1, 0.15) is 5.25 Å². The van der Waals surface area contributed by atoms with Crippen molar-refractivity contribution in [2.75, 3.05) is 38.5 Å². The number of hydrogen-bond acceptors (Lipinski definition) is 7. The van der Waals surface area contributed by atoms with Crippen molar-refractivity contribution in [1.29, 1.82) is 0 Å². The van der Waals surface area contributed by atoms with Gasteiger partial charge < -0.3 is 9.64 Å². The molecule has 4 rings (SSSR count). The van der Waals surface area contributed by atoms with Gasteiger partial charge in [-0.15, -0.1) is 0 Å². The van der Waals surface area contributed by atoms with Gasteiger partial charge in [-0.3, -0.25) is 14.0 Å². The summed E-state index contributed by atoms with van der Waals surface area (Å²) in [5.41, 5.74) is 1.28. The average Bonchev–Trinajstić information content (AvgIpc) is 3.07. The maximum atomic E-state index is 13.4. The molecule has 10 heteroatoms. The number of amides is 1. The Kier molecular flexibility index (Phi) is 6.51. The van der Waals surface area contributed by atoms with Gasteiger partial charge in [0.25, 0.3) is 0 Å². The third-order valence-corrected chi connectivity index (χ3v) is 10.1. The Hall–Kier alpha value is -2.11. The fraction of sp³-hybridized carbons (Fsp3) is 0.409. The molecular weight excluding hydrogens is 452 g/mol. The quantitative estimate of drug-likeness (QED) is 0.673. The van der Waals surface area contributed by atoms with E-state index in [1.807, 2.05) is 6.07 Å².